The van der Waals surface area contributed by atoms with Gasteiger partial charge in [0.25, 0.3) is 11.8 Å². The van der Waals surface area contributed by atoms with Crippen molar-refractivity contribution in [3.63, 3.8) is 0 Å². The molecular formula is C19H24N4O7S. The van der Waals surface area contributed by atoms with Crippen LogP contribution in [0.3, 0.4) is 0 Å². The van der Waals surface area contributed by atoms with Gasteiger partial charge in [-0.3, -0.25) is 15.0 Å². The van der Waals surface area contributed by atoms with Crippen LogP contribution in [-0.2, 0) is 24.3 Å². The molecule has 1 saturated carbocycles. The molecule has 0 bridgehead atoms. The van der Waals surface area contributed by atoms with Gasteiger partial charge >= 0.3 is 12.0 Å². The number of hydrogen-bond acceptors (Lipinski definition) is 7. The predicted octanol–water partition coefficient (Wildman–Crippen LogP) is 0.380. The van der Waals surface area contributed by atoms with Crippen LogP contribution in [-0.4, -0.2) is 67.8 Å². The highest BCUT2D eigenvalue weighted by Gasteiger charge is 2.52. The van der Waals surface area contributed by atoms with E-state index in [1.165, 1.54) is 32.3 Å². The monoisotopic (exact) mass is 452 g/mol. The first-order valence-corrected chi connectivity index (χ1v) is 11.2. The van der Waals surface area contributed by atoms with Crippen LogP contribution in [0.25, 0.3) is 0 Å². The van der Waals surface area contributed by atoms with Crippen molar-refractivity contribution in [1.29, 1.82) is 0 Å². The fraction of sp³-hybridized carbons (Fsp3) is 0.474. The van der Waals surface area contributed by atoms with E-state index in [1.54, 1.807) is 0 Å². The third kappa shape index (κ3) is 4.54. The first-order valence-electron chi connectivity index (χ1n) is 9.73. The molecule has 168 valence electrons. The van der Waals surface area contributed by atoms with Gasteiger partial charge in [-0.05, 0) is 31.0 Å². The lowest BCUT2D eigenvalue weighted by Crippen LogP contribution is -2.51. The van der Waals surface area contributed by atoms with Gasteiger partial charge < -0.3 is 10.1 Å². The van der Waals surface area contributed by atoms with Crippen molar-refractivity contribution >= 4 is 33.8 Å². The summed E-state index contributed by atoms with van der Waals surface area (Å²) in [7, 11) is -1.03. The highest BCUT2D eigenvalue weighted by molar-refractivity contribution is 7.89. The van der Waals surface area contributed by atoms with Gasteiger partial charge in [-0.1, -0.05) is 25.3 Å². The van der Waals surface area contributed by atoms with Crippen LogP contribution in [0.15, 0.2) is 29.2 Å². The second-order valence-electron chi connectivity index (χ2n) is 7.64. The highest BCUT2D eigenvalue weighted by atomic mass is 32.2. The Bertz CT molecular complexity index is 1020. The molecule has 0 atom stereocenters. The van der Waals surface area contributed by atoms with Crippen LogP contribution in [0.1, 0.15) is 42.5 Å². The number of sulfonamides is 1. The summed E-state index contributed by atoms with van der Waals surface area (Å²) in [6.45, 7) is -0.756. The van der Waals surface area contributed by atoms with Gasteiger partial charge in [-0.25, -0.2) is 22.3 Å². The Balaban J connectivity index is 1.59. The van der Waals surface area contributed by atoms with Crippen molar-refractivity contribution in [3.8, 4) is 0 Å². The van der Waals surface area contributed by atoms with Crippen molar-refractivity contribution in [2.75, 3.05) is 20.7 Å². The topological polar surface area (TPSA) is 142 Å². The number of hydrogen-bond donors (Lipinski definition) is 2. The molecule has 31 heavy (non-hydrogen) atoms. The van der Waals surface area contributed by atoms with Crippen molar-refractivity contribution < 1.29 is 32.3 Å². The molecule has 1 spiro atoms. The van der Waals surface area contributed by atoms with Gasteiger partial charge in [0.1, 0.15) is 5.54 Å². The smallest absolute Gasteiger partial charge is 0.344 e. The second-order valence-corrected chi connectivity index (χ2v) is 9.79. The van der Waals surface area contributed by atoms with Gasteiger partial charge in [0, 0.05) is 14.1 Å². The fourth-order valence-corrected chi connectivity index (χ4v) is 4.53. The van der Waals surface area contributed by atoms with Crippen LogP contribution in [0, 0.1) is 0 Å². The van der Waals surface area contributed by atoms with Gasteiger partial charge in [-0.15, -0.1) is 0 Å². The van der Waals surface area contributed by atoms with Crippen LogP contribution in [0.2, 0.25) is 0 Å². The Kier molecular flexibility index (Phi) is 6.32. The summed E-state index contributed by atoms with van der Waals surface area (Å²) in [5, 5.41) is 3.27. The molecule has 1 aromatic rings. The third-order valence-electron chi connectivity index (χ3n) is 5.29. The van der Waals surface area contributed by atoms with Crippen molar-refractivity contribution in [3.05, 3.63) is 29.8 Å². The number of nitrogens with one attached hydrogen (secondary N) is 2. The van der Waals surface area contributed by atoms with Crippen molar-refractivity contribution in [2.45, 2.75) is 42.5 Å². The minimum absolute atomic E-state index is 0.0631. The summed E-state index contributed by atoms with van der Waals surface area (Å²) in [4.78, 5) is 49.1. The maximum Gasteiger partial charge on any atom is 0.344 e. The number of benzene rings is 1. The van der Waals surface area contributed by atoms with Gasteiger partial charge in [0.05, 0.1) is 10.5 Å². The number of amides is 4. The second kappa shape index (κ2) is 8.63. The average molecular weight is 452 g/mol. The minimum atomic E-state index is -3.75. The predicted molar refractivity (Wildman–Crippen MR) is 107 cm³/mol. The first-order chi connectivity index (χ1) is 14.6. The van der Waals surface area contributed by atoms with Gasteiger partial charge in [0.15, 0.2) is 6.61 Å². The van der Waals surface area contributed by atoms with Crippen LogP contribution < -0.4 is 10.7 Å². The number of imide groups is 1. The molecule has 0 radical (unpaired) electrons. The zero-order chi connectivity index (χ0) is 22.8. The molecule has 11 nitrogen and oxygen atoms in total. The van der Waals surface area contributed by atoms with Crippen LogP contribution in [0.4, 0.5) is 4.79 Å². The Morgan fingerprint density at radius 3 is 2.52 bits per heavy atom. The molecule has 0 aromatic heterocycles. The summed E-state index contributed by atoms with van der Waals surface area (Å²) in [5.74, 6) is -2.33. The molecule has 0 unspecified atom stereocenters. The molecule has 12 heteroatoms. The maximum atomic E-state index is 12.6. The molecule has 2 fully saturated rings. The number of urea groups is 1. The zero-order valence-electron chi connectivity index (χ0n) is 17.2. The van der Waals surface area contributed by atoms with E-state index in [4.69, 9.17) is 4.74 Å². The first kappa shape index (κ1) is 22.7. The Labute approximate surface area is 179 Å². The van der Waals surface area contributed by atoms with Crippen LogP contribution >= 0.6 is 0 Å². The SMILES string of the molecule is CN(C)S(=O)(=O)c1cccc(C(=O)OCC(=O)NN2C(=O)NC3(CCCCC3)C2=O)c1. The van der Waals surface area contributed by atoms with E-state index in [2.05, 4.69) is 10.7 Å². The molecule has 1 saturated heterocycles. The zero-order valence-corrected chi connectivity index (χ0v) is 18.0. The quantitative estimate of drug-likeness (QED) is 0.469. The number of carbonyl (C=O) groups is 4. The van der Waals surface area contributed by atoms with Crippen molar-refractivity contribution in [1.82, 2.24) is 20.1 Å². The fourth-order valence-electron chi connectivity index (χ4n) is 3.58. The number of esters is 1. The Hall–Kier alpha value is -2.99. The molecular weight excluding hydrogens is 428 g/mol. The maximum absolute atomic E-state index is 12.6. The molecule has 1 aliphatic carbocycles. The molecule has 2 aliphatic rings. The highest BCUT2D eigenvalue weighted by Crippen LogP contribution is 2.32. The van der Waals surface area contributed by atoms with Crippen LogP contribution in [0.5, 0.6) is 0 Å². The summed E-state index contributed by atoms with van der Waals surface area (Å²) in [6, 6.07) is 4.47. The lowest BCUT2D eigenvalue weighted by atomic mass is 9.82. The summed E-state index contributed by atoms with van der Waals surface area (Å²) in [6.07, 6.45) is 3.59. The molecule has 4 amide bonds. The lowest BCUT2D eigenvalue weighted by Gasteiger charge is -2.30. The molecule has 2 N–H and O–H groups in total. The number of carbonyl (C=O) groups excluding carboxylic acids is 4. The third-order valence-corrected chi connectivity index (χ3v) is 7.10. The van der Waals surface area contributed by atoms with E-state index in [0.29, 0.717) is 17.9 Å². The van der Waals surface area contributed by atoms with Crippen molar-refractivity contribution in [2.24, 2.45) is 0 Å². The number of hydrazine groups is 1. The van der Waals surface area contributed by atoms with E-state index in [1.807, 2.05) is 0 Å². The van der Waals surface area contributed by atoms with E-state index in [9.17, 15) is 27.6 Å². The normalized spacial score (nSPS) is 18.2. The van der Waals surface area contributed by atoms with Gasteiger partial charge in [0.2, 0.25) is 10.0 Å². The van der Waals surface area contributed by atoms with E-state index in [0.717, 1.165) is 29.6 Å². The van der Waals surface area contributed by atoms with Gasteiger partial charge in [-0.2, -0.15) is 5.01 Å². The molecule has 1 aliphatic heterocycles. The van der Waals surface area contributed by atoms with E-state index in [-0.39, 0.29) is 10.5 Å². The summed E-state index contributed by atoms with van der Waals surface area (Å²) in [5.41, 5.74) is 1.11. The standard InChI is InChI=1S/C19H24N4O7S/c1-22(2)31(28,29)14-8-6-7-13(11-14)16(25)30-12-15(24)21-23-17(26)19(20-18(23)27)9-4-3-5-10-19/h6-8,11H,3-5,9-10,12H2,1-2H3,(H,20,27)(H,21,24). The van der Waals surface area contributed by atoms with E-state index < -0.39 is 46.0 Å². The summed E-state index contributed by atoms with van der Waals surface area (Å²) >= 11 is 0. The number of rotatable bonds is 6. The minimum Gasteiger partial charge on any atom is -0.452 e. The number of nitrogens with zero attached hydrogens (tertiary/aromatic N) is 2. The number of ether oxygens (including phenoxy) is 1. The largest absolute Gasteiger partial charge is 0.452 e. The Morgan fingerprint density at radius 2 is 1.87 bits per heavy atom. The lowest BCUT2D eigenvalue weighted by molar-refractivity contribution is -0.140. The molecule has 1 heterocycles. The molecule has 1 aromatic carbocycles. The summed E-state index contributed by atoms with van der Waals surface area (Å²) < 4.78 is 30.3. The Morgan fingerprint density at radius 1 is 1.19 bits per heavy atom. The van der Waals surface area contributed by atoms with E-state index >= 15 is 0 Å². The molecule has 3 rings (SSSR count). The average Bonchev–Trinajstić information content (AvgIpc) is 2.96.